The zero-order valence-electron chi connectivity index (χ0n) is 9.13. The van der Waals surface area contributed by atoms with Crippen LogP contribution in [0.4, 0.5) is 0 Å². The van der Waals surface area contributed by atoms with Crippen molar-refractivity contribution in [3.8, 4) is 0 Å². The van der Waals surface area contributed by atoms with Crippen LogP contribution in [0.3, 0.4) is 0 Å². The predicted molar refractivity (Wildman–Crippen MR) is 67.5 cm³/mol. The smallest absolute Gasteiger partial charge is 0.191 e. The highest BCUT2D eigenvalue weighted by molar-refractivity contribution is 7.80. The molecule has 0 bridgehead atoms. The maximum Gasteiger partial charge on any atom is 0.191 e. The molecule has 2 rings (SSSR count). The Hall–Kier alpha value is -0.930. The van der Waals surface area contributed by atoms with Gasteiger partial charge in [-0.05, 0) is 31.5 Å². The summed E-state index contributed by atoms with van der Waals surface area (Å²) in [6.07, 6.45) is 3.42. The molecule has 1 aliphatic carbocycles. The standard InChI is InChI=1S/C13H16O2S/c14-11-8-4-5-9-12(11)15-13(16)10-6-2-1-3-7-10/h1-3,6-7,11-12,14H,4-5,8-9H2. The Morgan fingerprint density at radius 2 is 1.88 bits per heavy atom. The first-order chi connectivity index (χ1) is 7.77. The molecule has 86 valence electrons. The molecule has 0 heterocycles. The molecule has 1 aromatic rings. The van der Waals surface area contributed by atoms with Crippen LogP contribution in [-0.4, -0.2) is 22.4 Å². The lowest BCUT2D eigenvalue weighted by Crippen LogP contribution is -2.33. The summed E-state index contributed by atoms with van der Waals surface area (Å²) < 4.78 is 5.67. The van der Waals surface area contributed by atoms with Gasteiger partial charge in [-0.2, -0.15) is 0 Å². The van der Waals surface area contributed by atoms with Crippen molar-refractivity contribution in [3.63, 3.8) is 0 Å². The summed E-state index contributed by atoms with van der Waals surface area (Å²) in [6.45, 7) is 0. The van der Waals surface area contributed by atoms with Gasteiger partial charge in [0.25, 0.3) is 0 Å². The van der Waals surface area contributed by atoms with Crippen molar-refractivity contribution < 1.29 is 9.84 Å². The molecule has 0 saturated heterocycles. The summed E-state index contributed by atoms with van der Waals surface area (Å²) >= 11 is 5.22. The summed E-state index contributed by atoms with van der Waals surface area (Å²) in [5, 5.41) is 10.3. The fourth-order valence-electron chi connectivity index (χ4n) is 1.99. The Balaban J connectivity index is 1.96. The second-order valence-electron chi connectivity index (χ2n) is 4.16. The van der Waals surface area contributed by atoms with Crippen LogP contribution in [0.2, 0.25) is 0 Å². The number of ether oxygens (including phenoxy) is 1. The second-order valence-corrected chi connectivity index (χ2v) is 4.53. The summed E-state index contributed by atoms with van der Waals surface area (Å²) in [5.41, 5.74) is 0.912. The van der Waals surface area contributed by atoms with Gasteiger partial charge in [0.05, 0.1) is 6.10 Å². The molecule has 3 heteroatoms. The van der Waals surface area contributed by atoms with Crippen LogP contribution in [-0.2, 0) is 4.74 Å². The lowest BCUT2D eigenvalue weighted by atomic mass is 9.95. The van der Waals surface area contributed by atoms with Crippen LogP contribution in [0.15, 0.2) is 30.3 Å². The van der Waals surface area contributed by atoms with Crippen molar-refractivity contribution >= 4 is 17.3 Å². The Morgan fingerprint density at radius 3 is 2.56 bits per heavy atom. The van der Waals surface area contributed by atoms with Gasteiger partial charge in [0.15, 0.2) is 5.05 Å². The van der Waals surface area contributed by atoms with Crippen molar-refractivity contribution in [2.24, 2.45) is 0 Å². The molecule has 16 heavy (non-hydrogen) atoms. The molecule has 1 fully saturated rings. The SMILES string of the molecule is OC1CCCCC1OC(=S)c1ccccc1. The minimum absolute atomic E-state index is 0.124. The lowest BCUT2D eigenvalue weighted by Gasteiger charge is -2.28. The normalized spacial score (nSPS) is 25.1. The molecule has 0 radical (unpaired) electrons. The lowest BCUT2D eigenvalue weighted by molar-refractivity contribution is 0.00213. The zero-order chi connectivity index (χ0) is 11.4. The number of hydrogen-bond donors (Lipinski definition) is 1. The van der Waals surface area contributed by atoms with Crippen LogP contribution in [0, 0.1) is 0 Å². The first-order valence-electron chi connectivity index (χ1n) is 5.71. The highest BCUT2D eigenvalue weighted by atomic mass is 32.1. The Morgan fingerprint density at radius 1 is 1.19 bits per heavy atom. The van der Waals surface area contributed by atoms with E-state index in [1.165, 1.54) is 0 Å². The second kappa shape index (κ2) is 5.41. The minimum Gasteiger partial charge on any atom is -0.477 e. The number of hydrogen-bond acceptors (Lipinski definition) is 3. The van der Waals surface area contributed by atoms with Gasteiger partial charge < -0.3 is 9.84 Å². The van der Waals surface area contributed by atoms with Crippen molar-refractivity contribution in [3.05, 3.63) is 35.9 Å². The zero-order valence-corrected chi connectivity index (χ0v) is 9.95. The van der Waals surface area contributed by atoms with Crippen LogP contribution in [0.1, 0.15) is 31.2 Å². The molecular weight excluding hydrogens is 220 g/mol. The number of aliphatic hydroxyl groups excluding tert-OH is 1. The highest BCUT2D eigenvalue weighted by Crippen LogP contribution is 2.22. The van der Waals surface area contributed by atoms with E-state index in [2.05, 4.69) is 0 Å². The molecule has 2 unspecified atom stereocenters. The van der Waals surface area contributed by atoms with Gasteiger partial charge in [-0.1, -0.05) is 36.8 Å². The maximum atomic E-state index is 9.78. The summed E-state index contributed by atoms with van der Waals surface area (Å²) in [6, 6.07) is 9.67. The van der Waals surface area contributed by atoms with E-state index in [1.54, 1.807) is 0 Å². The molecule has 1 saturated carbocycles. The molecule has 2 atom stereocenters. The van der Waals surface area contributed by atoms with E-state index < -0.39 is 0 Å². The third kappa shape index (κ3) is 2.80. The fourth-order valence-corrected chi connectivity index (χ4v) is 2.25. The summed E-state index contributed by atoms with van der Waals surface area (Å²) in [5.74, 6) is 0. The largest absolute Gasteiger partial charge is 0.477 e. The molecule has 0 spiro atoms. The molecule has 1 aromatic carbocycles. The Bertz CT molecular complexity index is 350. The van der Waals surface area contributed by atoms with E-state index in [1.807, 2.05) is 30.3 Å². The predicted octanol–water partition coefficient (Wildman–Crippen LogP) is 2.68. The average molecular weight is 236 g/mol. The molecular formula is C13H16O2S. The van der Waals surface area contributed by atoms with Gasteiger partial charge in [0, 0.05) is 5.56 Å². The van der Waals surface area contributed by atoms with Gasteiger partial charge in [0.2, 0.25) is 0 Å². The monoisotopic (exact) mass is 236 g/mol. The molecule has 2 nitrogen and oxygen atoms in total. The molecule has 0 aromatic heterocycles. The van der Waals surface area contributed by atoms with Gasteiger partial charge >= 0.3 is 0 Å². The first-order valence-corrected chi connectivity index (χ1v) is 6.12. The molecule has 1 N–H and O–H groups in total. The molecule has 0 amide bonds. The van der Waals surface area contributed by atoms with Crippen molar-refractivity contribution in [2.75, 3.05) is 0 Å². The van der Waals surface area contributed by atoms with E-state index in [0.717, 1.165) is 31.2 Å². The van der Waals surface area contributed by atoms with E-state index >= 15 is 0 Å². The number of benzene rings is 1. The van der Waals surface area contributed by atoms with E-state index in [0.29, 0.717) is 5.05 Å². The fraction of sp³-hybridized carbons (Fsp3) is 0.462. The quantitative estimate of drug-likeness (QED) is 0.801. The Labute approximate surface area is 101 Å². The van der Waals surface area contributed by atoms with Crippen molar-refractivity contribution in [1.29, 1.82) is 0 Å². The van der Waals surface area contributed by atoms with Crippen molar-refractivity contribution in [1.82, 2.24) is 0 Å². The topological polar surface area (TPSA) is 29.5 Å². The minimum atomic E-state index is -0.365. The van der Waals surface area contributed by atoms with Gasteiger partial charge in [-0.15, -0.1) is 0 Å². The maximum absolute atomic E-state index is 9.78. The number of rotatable bonds is 2. The van der Waals surface area contributed by atoms with Crippen LogP contribution >= 0.6 is 12.2 Å². The molecule has 1 aliphatic rings. The van der Waals surface area contributed by atoms with Crippen molar-refractivity contribution in [2.45, 2.75) is 37.9 Å². The van der Waals surface area contributed by atoms with Gasteiger partial charge in [0.1, 0.15) is 6.10 Å². The number of thiocarbonyl (C=S) groups is 1. The third-order valence-electron chi connectivity index (χ3n) is 2.94. The number of aliphatic hydroxyl groups is 1. The average Bonchev–Trinajstić information content (AvgIpc) is 2.33. The Kier molecular flexibility index (Phi) is 3.91. The first kappa shape index (κ1) is 11.6. The van der Waals surface area contributed by atoms with Gasteiger partial charge in [-0.25, -0.2) is 0 Å². The van der Waals surface area contributed by atoms with Crippen LogP contribution in [0.5, 0.6) is 0 Å². The van der Waals surface area contributed by atoms with E-state index in [-0.39, 0.29) is 12.2 Å². The third-order valence-corrected chi connectivity index (χ3v) is 3.27. The van der Waals surface area contributed by atoms with Gasteiger partial charge in [-0.3, -0.25) is 0 Å². The van der Waals surface area contributed by atoms with Crippen LogP contribution < -0.4 is 0 Å². The summed E-state index contributed by atoms with van der Waals surface area (Å²) in [4.78, 5) is 0. The molecule has 0 aliphatic heterocycles. The van der Waals surface area contributed by atoms with E-state index in [9.17, 15) is 5.11 Å². The summed E-state index contributed by atoms with van der Waals surface area (Å²) in [7, 11) is 0. The van der Waals surface area contributed by atoms with Crippen LogP contribution in [0.25, 0.3) is 0 Å². The van der Waals surface area contributed by atoms with E-state index in [4.69, 9.17) is 17.0 Å². The highest BCUT2D eigenvalue weighted by Gasteiger charge is 2.25.